The molecule has 0 spiro atoms. The first-order valence-corrected chi connectivity index (χ1v) is 9.89. The number of hydrogen-bond donors (Lipinski definition) is 2. The Labute approximate surface area is 175 Å². The number of benzene rings is 1. The van der Waals surface area contributed by atoms with Crippen molar-refractivity contribution in [1.82, 2.24) is 29.5 Å². The van der Waals surface area contributed by atoms with Crippen LogP contribution < -0.4 is 11.2 Å². The second-order valence-corrected chi connectivity index (χ2v) is 7.53. The normalized spacial score (nSPS) is 21.0. The lowest BCUT2D eigenvalue weighted by Crippen LogP contribution is -2.33. The van der Waals surface area contributed by atoms with Crippen LogP contribution in [-0.4, -0.2) is 47.3 Å². The molecule has 4 heterocycles. The lowest BCUT2D eigenvalue weighted by Gasteiger charge is -2.18. The molecule has 1 aliphatic rings. The number of aryl methyl sites for hydroxylation is 1. The van der Waals surface area contributed by atoms with Gasteiger partial charge in [0, 0.05) is 35.3 Å². The highest BCUT2D eigenvalue weighted by Gasteiger charge is 2.39. The van der Waals surface area contributed by atoms with Gasteiger partial charge in [-0.25, -0.2) is 9.48 Å². The Morgan fingerprint density at radius 3 is 2.94 bits per heavy atom. The van der Waals surface area contributed by atoms with E-state index < -0.39 is 23.6 Å². The minimum atomic E-state index is -0.656. The fourth-order valence-electron chi connectivity index (χ4n) is 4.11. The van der Waals surface area contributed by atoms with Gasteiger partial charge in [-0.05, 0) is 19.1 Å². The van der Waals surface area contributed by atoms with Crippen LogP contribution in [0.3, 0.4) is 0 Å². The number of pyridine rings is 1. The number of aromatic nitrogens is 6. The average molecular weight is 420 g/mol. The van der Waals surface area contributed by atoms with Crippen LogP contribution in [0.4, 0.5) is 0 Å². The lowest BCUT2D eigenvalue weighted by atomic mass is 10.0. The molecule has 0 saturated carbocycles. The molecule has 10 heteroatoms. The van der Waals surface area contributed by atoms with Crippen LogP contribution in [0.5, 0.6) is 0 Å². The highest BCUT2D eigenvalue weighted by atomic mass is 16.5. The van der Waals surface area contributed by atoms with Gasteiger partial charge in [0.1, 0.15) is 12.3 Å². The van der Waals surface area contributed by atoms with Gasteiger partial charge >= 0.3 is 5.69 Å². The maximum atomic E-state index is 12.3. The molecule has 5 rings (SSSR count). The van der Waals surface area contributed by atoms with E-state index in [1.807, 2.05) is 30.3 Å². The fraction of sp³-hybridized carbons (Fsp3) is 0.286. The first-order valence-electron chi connectivity index (χ1n) is 9.89. The lowest BCUT2D eigenvalue weighted by molar-refractivity contribution is -0.0322. The van der Waals surface area contributed by atoms with Gasteiger partial charge in [0.15, 0.2) is 0 Å². The standard InChI is InChI=1S/C21H20N6O4/c1-12-10-26(21(30)24-20(12)29)19-8-16(18(11-28)31-19)27-17(9-23-25-27)14-6-7-22-15-5-3-2-4-13(14)15/h2-7,9-10,16,18-19,28H,8,11H2,1H3,(H,24,29,30)/t16-,18+,19+/m0/s1. The molecular weight excluding hydrogens is 400 g/mol. The number of hydrogen-bond acceptors (Lipinski definition) is 7. The molecule has 158 valence electrons. The van der Waals surface area contributed by atoms with E-state index in [1.54, 1.807) is 24.0 Å². The number of aliphatic hydroxyl groups excluding tert-OH is 1. The minimum absolute atomic E-state index is 0.255. The second kappa shape index (κ2) is 7.56. The summed E-state index contributed by atoms with van der Waals surface area (Å²) in [5.41, 5.74) is 1.93. The molecule has 1 aliphatic heterocycles. The van der Waals surface area contributed by atoms with Gasteiger partial charge in [-0.2, -0.15) is 0 Å². The van der Waals surface area contributed by atoms with E-state index in [9.17, 15) is 14.7 Å². The summed E-state index contributed by atoms with van der Waals surface area (Å²) in [6.07, 6.45) is 3.99. The van der Waals surface area contributed by atoms with Crippen molar-refractivity contribution in [3.05, 3.63) is 75.3 Å². The molecule has 0 amide bonds. The largest absolute Gasteiger partial charge is 0.394 e. The summed E-state index contributed by atoms with van der Waals surface area (Å²) in [5.74, 6) is 0. The molecule has 3 aromatic heterocycles. The maximum absolute atomic E-state index is 12.3. The van der Waals surface area contributed by atoms with E-state index >= 15 is 0 Å². The number of ether oxygens (including phenoxy) is 1. The molecular formula is C21H20N6O4. The maximum Gasteiger partial charge on any atom is 0.330 e. The zero-order chi connectivity index (χ0) is 21.5. The molecule has 4 aromatic rings. The third kappa shape index (κ3) is 3.25. The smallest absolute Gasteiger partial charge is 0.330 e. The summed E-state index contributed by atoms with van der Waals surface area (Å²) in [6.45, 7) is 1.36. The molecule has 31 heavy (non-hydrogen) atoms. The summed E-state index contributed by atoms with van der Waals surface area (Å²) in [4.78, 5) is 30.7. The first kappa shape index (κ1) is 19.3. The molecule has 1 fully saturated rings. The topological polar surface area (TPSA) is 128 Å². The molecule has 3 atom stereocenters. The van der Waals surface area contributed by atoms with Crippen molar-refractivity contribution >= 4 is 10.9 Å². The van der Waals surface area contributed by atoms with Crippen molar-refractivity contribution in [3.8, 4) is 11.3 Å². The number of aliphatic hydroxyl groups is 1. The van der Waals surface area contributed by atoms with Gasteiger partial charge in [0.2, 0.25) is 0 Å². The van der Waals surface area contributed by atoms with Crippen molar-refractivity contribution in [3.63, 3.8) is 0 Å². The van der Waals surface area contributed by atoms with E-state index in [4.69, 9.17) is 4.74 Å². The number of fused-ring (bicyclic) bond motifs is 1. The van der Waals surface area contributed by atoms with Gasteiger partial charge in [-0.15, -0.1) is 5.10 Å². The van der Waals surface area contributed by atoms with E-state index in [0.717, 1.165) is 22.2 Å². The van der Waals surface area contributed by atoms with Crippen LogP contribution in [0.1, 0.15) is 24.3 Å². The zero-order valence-corrected chi connectivity index (χ0v) is 16.7. The minimum Gasteiger partial charge on any atom is -0.394 e. The summed E-state index contributed by atoms with van der Waals surface area (Å²) in [7, 11) is 0. The van der Waals surface area contributed by atoms with E-state index in [-0.39, 0.29) is 12.6 Å². The predicted molar refractivity (Wildman–Crippen MR) is 111 cm³/mol. The highest BCUT2D eigenvalue weighted by Crippen LogP contribution is 2.38. The molecule has 10 nitrogen and oxygen atoms in total. The van der Waals surface area contributed by atoms with Crippen LogP contribution >= 0.6 is 0 Å². The van der Waals surface area contributed by atoms with Gasteiger partial charge in [-0.3, -0.25) is 19.3 Å². The Balaban J connectivity index is 1.56. The first-order chi connectivity index (χ1) is 15.1. The van der Waals surface area contributed by atoms with Crippen LogP contribution in [0, 0.1) is 6.92 Å². The SMILES string of the molecule is Cc1cn([C@H]2C[C@H](n3nncc3-c3ccnc4ccccc34)[C@@H](CO)O2)c(=O)[nH]c1=O. The van der Waals surface area contributed by atoms with Crippen LogP contribution in [0.15, 0.2) is 58.5 Å². The number of H-pyrrole nitrogens is 1. The summed E-state index contributed by atoms with van der Waals surface area (Å²) in [6, 6.07) is 9.32. The number of rotatable bonds is 4. The van der Waals surface area contributed by atoms with Gasteiger partial charge in [0.25, 0.3) is 5.56 Å². The molecule has 1 saturated heterocycles. The molecule has 2 N–H and O–H groups in total. The zero-order valence-electron chi connectivity index (χ0n) is 16.7. The van der Waals surface area contributed by atoms with Crippen LogP contribution in [0.25, 0.3) is 22.2 Å². The van der Waals surface area contributed by atoms with Crippen LogP contribution in [-0.2, 0) is 4.74 Å². The van der Waals surface area contributed by atoms with Gasteiger partial charge < -0.3 is 9.84 Å². The summed E-state index contributed by atoms with van der Waals surface area (Å²) >= 11 is 0. The van der Waals surface area contributed by atoms with E-state index in [1.165, 1.54) is 10.8 Å². The number of aromatic amines is 1. The van der Waals surface area contributed by atoms with E-state index in [2.05, 4.69) is 20.3 Å². The Morgan fingerprint density at radius 1 is 1.26 bits per heavy atom. The number of nitrogens with zero attached hydrogens (tertiary/aromatic N) is 5. The third-order valence-electron chi connectivity index (χ3n) is 5.65. The number of para-hydroxylation sites is 1. The van der Waals surface area contributed by atoms with Crippen molar-refractivity contribution in [2.75, 3.05) is 6.61 Å². The molecule has 0 unspecified atom stereocenters. The van der Waals surface area contributed by atoms with Crippen molar-refractivity contribution in [2.24, 2.45) is 0 Å². The second-order valence-electron chi connectivity index (χ2n) is 7.53. The highest BCUT2D eigenvalue weighted by molar-refractivity contribution is 5.93. The Bertz CT molecular complexity index is 1370. The average Bonchev–Trinajstić information content (AvgIpc) is 3.42. The molecule has 1 aromatic carbocycles. The fourth-order valence-corrected chi connectivity index (χ4v) is 4.11. The Kier molecular flexibility index (Phi) is 4.72. The number of nitrogens with one attached hydrogen (secondary N) is 1. The van der Waals surface area contributed by atoms with Crippen molar-refractivity contribution in [2.45, 2.75) is 31.7 Å². The van der Waals surface area contributed by atoms with Gasteiger partial charge in [0.05, 0.1) is 30.1 Å². The molecule has 0 aliphatic carbocycles. The quantitative estimate of drug-likeness (QED) is 0.507. The molecule has 0 radical (unpaired) electrons. The van der Waals surface area contributed by atoms with Gasteiger partial charge in [-0.1, -0.05) is 23.4 Å². The van der Waals surface area contributed by atoms with Crippen molar-refractivity contribution in [1.29, 1.82) is 0 Å². The Hall–Kier alpha value is -3.63. The van der Waals surface area contributed by atoms with Crippen LogP contribution in [0.2, 0.25) is 0 Å². The predicted octanol–water partition coefficient (Wildman–Crippen LogP) is 1.17. The van der Waals surface area contributed by atoms with E-state index in [0.29, 0.717) is 12.0 Å². The molecule has 0 bridgehead atoms. The monoisotopic (exact) mass is 420 g/mol. The third-order valence-corrected chi connectivity index (χ3v) is 5.65. The Morgan fingerprint density at radius 2 is 2.10 bits per heavy atom. The summed E-state index contributed by atoms with van der Waals surface area (Å²) < 4.78 is 9.05. The summed E-state index contributed by atoms with van der Waals surface area (Å²) in [5, 5.41) is 19.3. The van der Waals surface area contributed by atoms with Crippen molar-refractivity contribution < 1.29 is 9.84 Å².